The molecule has 3 aliphatic rings. The summed E-state index contributed by atoms with van der Waals surface area (Å²) in [5, 5.41) is 16.4. The number of nitrogens with two attached hydrogens (primary N) is 1. The smallest absolute Gasteiger partial charge is 0.408 e. The number of benzene rings is 2. The number of carbonyl (C=O) groups is 4. The fourth-order valence-electron chi connectivity index (χ4n) is 9.62. The number of carbonyl (C=O) groups excluding carboxylic acids is 4. The highest BCUT2D eigenvalue weighted by Gasteiger charge is 2.42. The number of aryl methyl sites for hydroxylation is 3. The van der Waals surface area contributed by atoms with Gasteiger partial charge < -0.3 is 44.9 Å². The van der Waals surface area contributed by atoms with Gasteiger partial charge in [-0.05, 0) is 94.8 Å². The van der Waals surface area contributed by atoms with Gasteiger partial charge in [-0.1, -0.05) is 26.8 Å². The predicted octanol–water partition coefficient (Wildman–Crippen LogP) is 5.25. The zero-order chi connectivity index (χ0) is 44.5. The molecule has 330 valence electrons. The number of amides is 3. The number of imidazole rings is 1. The molecule has 15 heteroatoms. The normalized spacial score (nSPS) is 18.0. The number of rotatable bonds is 13. The molecule has 4 aromatic rings. The molecular formula is C47H62N10O5. The average molecular weight is 847 g/mol. The number of nitrogens with zero attached hydrogens (tertiary/aromatic N) is 7. The Morgan fingerprint density at radius 1 is 1.06 bits per heavy atom. The minimum absolute atomic E-state index is 0.0246. The number of ether oxygens (including phenoxy) is 1. The van der Waals surface area contributed by atoms with Gasteiger partial charge in [0.05, 0.1) is 22.7 Å². The molecule has 7 rings (SSSR count). The highest BCUT2D eigenvalue weighted by Crippen LogP contribution is 2.47. The van der Waals surface area contributed by atoms with Crippen molar-refractivity contribution in [3.8, 4) is 6.07 Å². The van der Waals surface area contributed by atoms with Crippen LogP contribution in [0.15, 0.2) is 42.7 Å². The summed E-state index contributed by atoms with van der Waals surface area (Å²) < 4.78 is 9.34. The van der Waals surface area contributed by atoms with Crippen LogP contribution in [0.4, 0.5) is 16.4 Å². The number of nitrogen functional groups attached to an aromatic ring is 1. The van der Waals surface area contributed by atoms with Gasteiger partial charge in [-0.25, -0.2) is 9.78 Å². The van der Waals surface area contributed by atoms with Crippen LogP contribution in [-0.4, -0.2) is 111 Å². The van der Waals surface area contributed by atoms with Gasteiger partial charge in [0.1, 0.15) is 11.6 Å². The van der Waals surface area contributed by atoms with E-state index < -0.39 is 23.2 Å². The molecule has 2 aromatic carbocycles. The summed E-state index contributed by atoms with van der Waals surface area (Å²) in [6.45, 7) is 17.3. The van der Waals surface area contributed by atoms with Crippen molar-refractivity contribution >= 4 is 46.2 Å². The Morgan fingerprint density at radius 3 is 2.50 bits per heavy atom. The molecule has 2 aliphatic heterocycles. The number of alkyl carbamates (subject to hydrolysis) is 1. The predicted molar refractivity (Wildman–Crippen MR) is 239 cm³/mol. The van der Waals surface area contributed by atoms with Crippen molar-refractivity contribution in [1.29, 1.82) is 5.26 Å². The molecule has 15 nitrogen and oxygen atoms in total. The average Bonchev–Trinajstić information content (AvgIpc) is 3.95. The van der Waals surface area contributed by atoms with E-state index in [0.717, 1.165) is 76.9 Å². The van der Waals surface area contributed by atoms with Gasteiger partial charge in [0, 0.05) is 105 Å². The van der Waals surface area contributed by atoms with Crippen molar-refractivity contribution in [3.63, 3.8) is 0 Å². The molecular weight excluding hydrogens is 785 g/mol. The molecule has 3 amide bonds. The standard InChI is InChI=1S/C47H62N10O5/c1-8-31-26-34-35(47(5,6)42-40(41(34)59)33-14-13-30(28-48)25-38(33)53(42)7)27-37(31)55-21-23-56(24-22-55)39(58)12-10-17-54-19-15-32(29-54)51-43(60)36(52-45(61)62-46(2,3)4)11-9-18-57-20-16-50-44(57)49/h13-14,16,20,25-27,32,36H,8-12,15,17-19,21-24,29H2,1-7H3,(H2,49,50)(H,51,60)(H,52,61)/t32-,36+/m1/s1. The second-order valence-electron chi connectivity index (χ2n) is 18.5. The molecule has 2 aromatic heterocycles. The Hall–Kier alpha value is -5.88. The number of nitriles is 1. The fourth-order valence-corrected chi connectivity index (χ4v) is 9.62. The van der Waals surface area contributed by atoms with Gasteiger partial charge in [0.2, 0.25) is 11.8 Å². The van der Waals surface area contributed by atoms with E-state index in [1.807, 2.05) is 24.1 Å². The zero-order valence-corrected chi connectivity index (χ0v) is 37.3. The van der Waals surface area contributed by atoms with Crippen LogP contribution >= 0.6 is 0 Å². The van der Waals surface area contributed by atoms with E-state index in [-0.39, 0.29) is 23.6 Å². The van der Waals surface area contributed by atoms with Crippen LogP contribution in [0.25, 0.3) is 10.9 Å². The first-order valence-electron chi connectivity index (χ1n) is 22.1. The van der Waals surface area contributed by atoms with Gasteiger partial charge in [-0.3, -0.25) is 14.4 Å². The molecule has 0 radical (unpaired) electrons. The summed E-state index contributed by atoms with van der Waals surface area (Å²) in [6, 6.07) is 11.3. The van der Waals surface area contributed by atoms with Gasteiger partial charge in [-0.2, -0.15) is 5.26 Å². The van der Waals surface area contributed by atoms with Crippen LogP contribution < -0.4 is 21.3 Å². The molecule has 2 saturated heterocycles. The first-order chi connectivity index (χ1) is 29.5. The largest absolute Gasteiger partial charge is 0.444 e. The van der Waals surface area contributed by atoms with E-state index in [1.165, 1.54) is 0 Å². The lowest BCUT2D eigenvalue weighted by atomic mass is 9.70. The maximum Gasteiger partial charge on any atom is 0.408 e. The molecule has 2 atom stereocenters. The summed E-state index contributed by atoms with van der Waals surface area (Å²) in [6.07, 6.45) is 6.52. The third kappa shape index (κ3) is 9.16. The van der Waals surface area contributed by atoms with E-state index >= 15 is 0 Å². The van der Waals surface area contributed by atoms with Crippen molar-refractivity contribution in [3.05, 3.63) is 76.2 Å². The lowest BCUT2D eigenvalue weighted by Crippen LogP contribution is -2.51. The van der Waals surface area contributed by atoms with E-state index in [2.05, 4.69) is 69.0 Å². The number of nitrogens with one attached hydrogen (secondary N) is 2. The van der Waals surface area contributed by atoms with E-state index in [0.29, 0.717) is 70.0 Å². The maximum atomic E-state index is 14.3. The number of piperazine rings is 1. The molecule has 2 fully saturated rings. The van der Waals surface area contributed by atoms with Crippen molar-refractivity contribution in [1.82, 2.24) is 34.6 Å². The van der Waals surface area contributed by atoms with Crippen molar-refractivity contribution in [2.45, 2.75) is 110 Å². The monoisotopic (exact) mass is 846 g/mol. The van der Waals surface area contributed by atoms with Crippen LogP contribution in [0, 0.1) is 11.3 Å². The summed E-state index contributed by atoms with van der Waals surface area (Å²) in [4.78, 5) is 64.5. The number of anilines is 2. The molecule has 4 heterocycles. The van der Waals surface area contributed by atoms with Crippen LogP contribution in [0.5, 0.6) is 0 Å². The SMILES string of the molecule is CCc1cc2c(cc1N1CCN(C(=O)CCCN3CC[C@@H](NC(=O)[C@H](CCCn4ccnc4N)NC(=O)OC(C)(C)C)C3)CC1)C(C)(C)c1c(c3ccc(C#N)cc3n1C)C2=O. The van der Waals surface area contributed by atoms with Crippen LogP contribution in [0.1, 0.15) is 112 Å². The fraction of sp³-hybridized carbons (Fsp3) is 0.532. The number of aromatic nitrogens is 3. The first-order valence-corrected chi connectivity index (χ1v) is 22.1. The number of hydrogen-bond acceptors (Lipinski definition) is 10. The van der Waals surface area contributed by atoms with E-state index in [9.17, 15) is 24.4 Å². The zero-order valence-electron chi connectivity index (χ0n) is 37.3. The maximum absolute atomic E-state index is 14.3. The Kier molecular flexibility index (Phi) is 12.7. The first kappa shape index (κ1) is 44.2. The number of ketones is 1. The van der Waals surface area contributed by atoms with E-state index in [1.54, 1.807) is 43.8 Å². The topological polar surface area (TPSA) is 184 Å². The highest BCUT2D eigenvalue weighted by atomic mass is 16.6. The molecule has 0 spiro atoms. The summed E-state index contributed by atoms with van der Waals surface area (Å²) >= 11 is 0. The lowest BCUT2D eigenvalue weighted by molar-refractivity contribution is -0.131. The third-order valence-corrected chi connectivity index (χ3v) is 12.8. The lowest BCUT2D eigenvalue weighted by Gasteiger charge is -2.39. The van der Waals surface area contributed by atoms with Gasteiger partial charge in [0.25, 0.3) is 0 Å². The molecule has 62 heavy (non-hydrogen) atoms. The van der Waals surface area contributed by atoms with E-state index in [4.69, 9.17) is 10.5 Å². The number of hydrogen-bond donors (Lipinski definition) is 3. The van der Waals surface area contributed by atoms with Crippen molar-refractivity contribution in [2.24, 2.45) is 7.05 Å². The second-order valence-corrected chi connectivity index (χ2v) is 18.5. The molecule has 0 unspecified atom stereocenters. The molecule has 0 saturated carbocycles. The molecule has 0 bridgehead atoms. The van der Waals surface area contributed by atoms with Crippen molar-refractivity contribution in [2.75, 3.05) is 56.4 Å². The van der Waals surface area contributed by atoms with Crippen molar-refractivity contribution < 1.29 is 23.9 Å². The Morgan fingerprint density at radius 2 is 1.82 bits per heavy atom. The van der Waals surface area contributed by atoms with Crippen LogP contribution in [0.3, 0.4) is 0 Å². The Bertz CT molecular complexity index is 2390. The number of fused-ring (bicyclic) bond motifs is 4. The Balaban J connectivity index is 0.906. The molecule has 1 aliphatic carbocycles. The van der Waals surface area contributed by atoms with Crippen LogP contribution in [-0.2, 0) is 39.8 Å². The van der Waals surface area contributed by atoms with Gasteiger partial charge in [0.15, 0.2) is 11.7 Å². The summed E-state index contributed by atoms with van der Waals surface area (Å²) in [5.74, 6) is 0.330. The minimum atomic E-state index is -0.766. The summed E-state index contributed by atoms with van der Waals surface area (Å²) in [5.41, 5.74) is 11.9. The second kappa shape index (κ2) is 17.8. The molecule has 4 N–H and O–H groups in total. The minimum Gasteiger partial charge on any atom is -0.444 e. The third-order valence-electron chi connectivity index (χ3n) is 12.8. The number of likely N-dealkylation sites (tertiary alicyclic amines) is 1. The summed E-state index contributed by atoms with van der Waals surface area (Å²) in [7, 11) is 1.98. The van der Waals surface area contributed by atoms with Crippen LogP contribution in [0.2, 0.25) is 0 Å². The quantitative estimate of drug-likeness (QED) is 0.161. The highest BCUT2D eigenvalue weighted by molar-refractivity contribution is 6.20. The van der Waals surface area contributed by atoms with Gasteiger partial charge in [-0.15, -0.1) is 0 Å². The Labute approximate surface area is 364 Å². The van der Waals surface area contributed by atoms with Gasteiger partial charge >= 0.3 is 6.09 Å².